The minimum atomic E-state index is -3.47. The van der Waals surface area contributed by atoms with E-state index in [4.69, 9.17) is 4.74 Å². The van der Waals surface area contributed by atoms with Gasteiger partial charge in [0.25, 0.3) is 0 Å². The molecule has 2 amide bonds. The number of hydrogen-bond donors (Lipinski definition) is 4. The second-order valence-electron chi connectivity index (χ2n) is 10.5. The summed E-state index contributed by atoms with van der Waals surface area (Å²) in [5.74, 6) is -0.699. The molecule has 0 fully saturated rings. The lowest BCUT2D eigenvalue weighted by molar-refractivity contribution is -0.123. The van der Waals surface area contributed by atoms with E-state index in [1.807, 2.05) is 36.4 Å². The van der Waals surface area contributed by atoms with Crippen LogP contribution in [0.4, 0.5) is 4.79 Å². The Labute approximate surface area is 246 Å². The number of aromatic nitrogens is 1. The standard InChI is InChI=1S/C27H36N4O7S3/c1-27(2,3)41(36,37)17-24-28-23(16-39-24)21(14-19-10-12-20(13-11-19)31-40(34)35)29-25(32)22(30-26(33)38-4)15-18-8-6-5-7-9-18/h5-12,16,20-22,40H,13-15,17H2,1-4H3,(H,29,32)(H,30,33)(H,31,34,35)/t20?,21-,22-/m0/s1. The Morgan fingerprint density at radius 3 is 2.44 bits per heavy atom. The van der Waals surface area contributed by atoms with Crippen LogP contribution in [0.3, 0.4) is 0 Å². The molecule has 224 valence electrons. The molecule has 1 heterocycles. The van der Waals surface area contributed by atoms with Crippen molar-refractivity contribution < 1.29 is 31.2 Å². The largest absolute Gasteiger partial charge is 0.453 e. The first-order chi connectivity index (χ1) is 19.3. The second kappa shape index (κ2) is 14.2. The normalized spacial score (nSPS) is 17.0. The average molecular weight is 625 g/mol. The van der Waals surface area contributed by atoms with Crippen molar-refractivity contribution >= 4 is 44.1 Å². The van der Waals surface area contributed by atoms with E-state index in [1.165, 1.54) is 18.4 Å². The lowest BCUT2D eigenvalue weighted by Gasteiger charge is -2.24. The Kier molecular flexibility index (Phi) is 11.2. The Bertz CT molecular complexity index is 1450. The van der Waals surface area contributed by atoms with Gasteiger partial charge in [-0.2, -0.15) is 0 Å². The van der Waals surface area contributed by atoms with Gasteiger partial charge in [-0.05, 0) is 44.7 Å². The molecule has 11 nitrogen and oxygen atoms in total. The van der Waals surface area contributed by atoms with Crippen LogP contribution in [-0.4, -0.2) is 57.8 Å². The fourth-order valence-electron chi connectivity index (χ4n) is 3.98. The van der Waals surface area contributed by atoms with E-state index in [0.717, 1.165) is 11.1 Å². The highest BCUT2D eigenvalue weighted by Gasteiger charge is 2.31. The molecular weight excluding hydrogens is 589 g/mol. The monoisotopic (exact) mass is 624 g/mol. The van der Waals surface area contributed by atoms with E-state index in [9.17, 15) is 26.4 Å². The molecule has 2 aromatic rings. The van der Waals surface area contributed by atoms with Crippen LogP contribution in [0.2, 0.25) is 0 Å². The molecular formula is C27H36N4O7S3. The molecule has 0 aliphatic heterocycles. The van der Waals surface area contributed by atoms with Gasteiger partial charge in [-0.3, -0.25) is 4.79 Å². The average Bonchev–Trinajstić information content (AvgIpc) is 3.36. The summed E-state index contributed by atoms with van der Waals surface area (Å²) in [5.41, 5.74) is 2.15. The molecule has 0 radical (unpaired) electrons. The van der Waals surface area contributed by atoms with Crippen LogP contribution in [0, 0.1) is 0 Å². The van der Waals surface area contributed by atoms with Crippen molar-refractivity contribution in [3.05, 3.63) is 75.8 Å². The smallest absolute Gasteiger partial charge is 0.407 e. The van der Waals surface area contributed by atoms with Gasteiger partial charge < -0.3 is 15.4 Å². The van der Waals surface area contributed by atoms with Crippen molar-refractivity contribution in [2.45, 2.75) is 68.7 Å². The van der Waals surface area contributed by atoms with Crippen LogP contribution >= 0.6 is 11.3 Å². The van der Waals surface area contributed by atoms with Crippen molar-refractivity contribution in [2.24, 2.45) is 0 Å². The predicted octanol–water partition coefficient (Wildman–Crippen LogP) is 2.74. The molecule has 1 aromatic heterocycles. The zero-order valence-electron chi connectivity index (χ0n) is 23.3. The Morgan fingerprint density at radius 1 is 1.15 bits per heavy atom. The van der Waals surface area contributed by atoms with E-state index in [0.29, 0.717) is 23.5 Å². The number of nitrogens with zero attached hydrogens (tertiary/aromatic N) is 1. The summed E-state index contributed by atoms with van der Waals surface area (Å²) >= 11 is 1.20. The minimum absolute atomic E-state index is 0.212. The number of carbonyl (C=O) groups excluding carboxylic acids is 2. The van der Waals surface area contributed by atoms with Gasteiger partial charge in [0.15, 0.2) is 9.84 Å². The van der Waals surface area contributed by atoms with E-state index in [1.54, 1.807) is 38.3 Å². The number of rotatable bonds is 12. The van der Waals surface area contributed by atoms with Gasteiger partial charge in [0, 0.05) is 17.8 Å². The summed E-state index contributed by atoms with van der Waals surface area (Å²) in [7, 11) is -5.01. The van der Waals surface area contributed by atoms with Gasteiger partial charge in [0.2, 0.25) is 16.8 Å². The molecule has 3 atom stereocenters. The van der Waals surface area contributed by atoms with Gasteiger partial charge in [-0.15, -0.1) is 11.3 Å². The summed E-state index contributed by atoms with van der Waals surface area (Å²) in [6.07, 6.45) is 5.59. The zero-order valence-corrected chi connectivity index (χ0v) is 25.9. The quantitative estimate of drug-likeness (QED) is 0.262. The van der Waals surface area contributed by atoms with Gasteiger partial charge in [0.05, 0.1) is 23.6 Å². The number of benzene rings is 1. The molecule has 1 aliphatic rings. The third kappa shape index (κ3) is 9.76. The predicted molar refractivity (Wildman–Crippen MR) is 159 cm³/mol. The molecule has 0 bridgehead atoms. The van der Waals surface area contributed by atoms with Crippen molar-refractivity contribution in [3.63, 3.8) is 0 Å². The third-order valence-corrected chi connectivity index (χ3v) is 10.6. The summed E-state index contributed by atoms with van der Waals surface area (Å²) < 4.78 is 53.8. The number of thiazole rings is 1. The fraction of sp³-hybridized carbons (Fsp3) is 0.444. The molecule has 41 heavy (non-hydrogen) atoms. The Morgan fingerprint density at radius 2 is 1.85 bits per heavy atom. The molecule has 0 spiro atoms. The zero-order chi connectivity index (χ0) is 30.2. The van der Waals surface area contributed by atoms with Crippen molar-refractivity contribution in [2.75, 3.05) is 7.11 Å². The summed E-state index contributed by atoms with van der Waals surface area (Å²) in [4.78, 5) is 30.2. The van der Waals surface area contributed by atoms with Crippen LogP contribution in [0.15, 0.2) is 59.5 Å². The van der Waals surface area contributed by atoms with Crippen LogP contribution in [-0.2, 0) is 42.4 Å². The van der Waals surface area contributed by atoms with Crippen LogP contribution in [0.25, 0.3) is 0 Å². The molecule has 1 unspecified atom stereocenters. The van der Waals surface area contributed by atoms with Gasteiger partial charge in [-0.25, -0.2) is 31.3 Å². The molecule has 1 aliphatic carbocycles. The van der Waals surface area contributed by atoms with Crippen LogP contribution in [0.5, 0.6) is 0 Å². The first-order valence-corrected chi connectivity index (χ1v) is 16.6. The van der Waals surface area contributed by atoms with Crippen LogP contribution in [0.1, 0.15) is 55.9 Å². The number of thiol groups is 1. The number of sulfone groups is 1. The first-order valence-electron chi connectivity index (χ1n) is 12.9. The molecule has 0 saturated carbocycles. The lowest BCUT2D eigenvalue weighted by Crippen LogP contribution is -2.49. The van der Waals surface area contributed by atoms with Crippen molar-refractivity contribution in [3.8, 4) is 0 Å². The van der Waals surface area contributed by atoms with Crippen molar-refractivity contribution in [1.82, 2.24) is 20.3 Å². The third-order valence-electron chi connectivity index (χ3n) is 6.45. The van der Waals surface area contributed by atoms with E-state index >= 15 is 0 Å². The minimum Gasteiger partial charge on any atom is -0.453 e. The molecule has 14 heteroatoms. The fourth-order valence-corrected chi connectivity index (χ4v) is 6.63. The van der Waals surface area contributed by atoms with E-state index in [-0.39, 0.29) is 18.2 Å². The molecule has 3 N–H and O–H groups in total. The molecule has 0 saturated heterocycles. The van der Waals surface area contributed by atoms with E-state index in [2.05, 4.69) is 20.3 Å². The Hall–Kier alpha value is -3.07. The van der Waals surface area contributed by atoms with Gasteiger partial charge in [0.1, 0.15) is 16.8 Å². The number of hydrogen-bond acceptors (Lipinski definition) is 9. The van der Waals surface area contributed by atoms with E-state index < -0.39 is 49.6 Å². The molecule has 1 aromatic carbocycles. The highest BCUT2D eigenvalue weighted by Crippen LogP contribution is 2.28. The maximum absolute atomic E-state index is 13.5. The van der Waals surface area contributed by atoms with Crippen LogP contribution < -0.4 is 15.4 Å². The summed E-state index contributed by atoms with van der Waals surface area (Å²) in [6, 6.07) is 7.24. The lowest BCUT2D eigenvalue weighted by atomic mass is 9.96. The SMILES string of the molecule is COC(=O)N[C@@H](Cc1ccccc1)C(=O)N[C@@H](CC1=CCC(N[SH](=O)=O)C=C1)c1csc(CS(=O)(=O)C(C)(C)C)n1. The maximum Gasteiger partial charge on any atom is 0.407 e. The summed E-state index contributed by atoms with van der Waals surface area (Å²) in [5, 5.41) is 7.69. The van der Waals surface area contributed by atoms with Crippen molar-refractivity contribution in [1.29, 1.82) is 0 Å². The topological polar surface area (TPSA) is 161 Å². The number of carbonyl (C=O) groups is 2. The van der Waals surface area contributed by atoms with Gasteiger partial charge in [-0.1, -0.05) is 48.6 Å². The number of alkyl carbamates (subject to hydrolysis) is 1. The number of amides is 2. The molecule has 3 rings (SSSR count). The van der Waals surface area contributed by atoms with Gasteiger partial charge >= 0.3 is 6.09 Å². The highest BCUT2D eigenvalue weighted by atomic mass is 32.2. The Balaban J connectivity index is 1.87. The summed E-state index contributed by atoms with van der Waals surface area (Å²) in [6.45, 7) is 4.90. The number of nitrogens with one attached hydrogen (secondary N) is 3. The second-order valence-corrected chi connectivity index (χ2v) is 15.0. The number of methoxy groups -OCH3 is 1. The number of ether oxygens (including phenoxy) is 1. The number of allylic oxidation sites excluding steroid dienone is 1. The first kappa shape index (κ1) is 32.4. The maximum atomic E-state index is 13.5. The highest BCUT2D eigenvalue weighted by molar-refractivity contribution is 7.92.